The monoisotopic (exact) mass is 227 g/mol. The molecule has 0 radical (unpaired) electrons. The van der Waals surface area contributed by atoms with Crippen molar-refractivity contribution >= 4 is 0 Å². The lowest BCUT2D eigenvalue weighted by molar-refractivity contribution is 0.129. The number of aryl methyl sites for hydroxylation is 1. The number of rotatable bonds is 0. The lowest BCUT2D eigenvalue weighted by Crippen LogP contribution is -2.58. The first kappa shape index (κ1) is 10.1. The van der Waals surface area contributed by atoms with Crippen LogP contribution in [-0.4, -0.2) is 12.1 Å². The van der Waals surface area contributed by atoms with E-state index in [1.54, 1.807) is 11.1 Å². The van der Waals surface area contributed by atoms with E-state index in [4.69, 9.17) is 0 Å². The molecule has 0 aromatic heterocycles. The van der Waals surface area contributed by atoms with Crippen molar-refractivity contribution in [2.24, 2.45) is 0 Å². The van der Waals surface area contributed by atoms with Gasteiger partial charge in [0.2, 0.25) is 0 Å². The van der Waals surface area contributed by atoms with Crippen molar-refractivity contribution in [3.8, 4) is 0 Å². The molecule has 1 aromatic carbocycles. The fraction of sp³-hybridized carbons (Fsp3) is 0.625. The van der Waals surface area contributed by atoms with Crippen LogP contribution >= 0.6 is 0 Å². The Morgan fingerprint density at radius 3 is 2.82 bits per heavy atom. The van der Waals surface area contributed by atoms with Crippen molar-refractivity contribution in [2.45, 2.75) is 55.9 Å². The molecule has 2 atom stereocenters. The summed E-state index contributed by atoms with van der Waals surface area (Å²) in [4.78, 5) is 0. The standard InChI is InChI=1S/C16H21N/c1-2-6-14-13(5-1)7-10-16-9-4-3-8-15(14,16)11-12-17-16/h1-2,5-6,17H,3-4,7-12H2/t15-,16+/m0/s1. The van der Waals surface area contributed by atoms with E-state index < -0.39 is 0 Å². The van der Waals surface area contributed by atoms with Crippen LogP contribution in [0.2, 0.25) is 0 Å². The third-order valence-electron chi connectivity index (χ3n) is 5.74. The van der Waals surface area contributed by atoms with Gasteiger partial charge in [0.05, 0.1) is 0 Å². The van der Waals surface area contributed by atoms with Gasteiger partial charge in [-0.2, -0.15) is 0 Å². The highest BCUT2D eigenvalue weighted by atomic mass is 15.1. The molecular weight excluding hydrogens is 206 g/mol. The highest BCUT2D eigenvalue weighted by Crippen LogP contribution is 2.56. The van der Waals surface area contributed by atoms with Crippen LogP contribution in [0.5, 0.6) is 0 Å². The van der Waals surface area contributed by atoms with Gasteiger partial charge >= 0.3 is 0 Å². The first-order valence-electron chi connectivity index (χ1n) is 7.20. The van der Waals surface area contributed by atoms with Crippen molar-refractivity contribution < 1.29 is 0 Å². The Bertz CT molecular complexity index is 453. The van der Waals surface area contributed by atoms with Gasteiger partial charge in [-0.1, -0.05) is 37.1 Å². The van der Waals surface area contributed by atoms with Crippen molar-refractivity contribution in [1.29, 1.82) is 0 Å². The van der Waals surface area contributed by atoms with Crippen LogP contribution in [-0.2, 0) is 11.8 Å². The lowest BCUT2D eigenvalue weighted by Gasteiger charge is -2.53. The molecule has 90 valence electrons. The van der Waals surface area contributed by atoms with Crippen molar-refractivity contribution in [3.05, 3.63) is 35.4 Å². The zero-order valence-electron chi connectivity index (χ0n) is 10.5. The van der Waals surface area contributed by atoms with Gasteiger partial charge in [-0.25, -0.2) is 0 Å². The van der Waals surface area contributed by atoms with Gasteiger partial charge in [0.25, 0.3) is 0 Å². The van der Waals surface area contributed by atoms with E-state index in [0.29, 0.717) is 11.0 Å². The van der Waals surface area contributed by atoms with Crippen LogP contribution in [0.25, 0.3) is 0 Å². The number of hydrogen-bond donors (Lipinski definition) is 1. The molecule has 0 bridgehead atoms. The Kier molecular flexibility index (Phi) is 2.00. The summed E-state index contributed by atoms with van der Waals surface area (Å²) in [7, 11) is 0. The minimum atomic E-state index is 0.458. The number of fused-ring (bicyclic) bond motifs is 1. The Morgan fingerprint density at radius 1 is 0.941 bits per heavy atom. The second kappa shape index (κ2) is 3.35. The maximum Gasteiger partial charge on any atom is 0.0281 e. The molecule has 0 spiro atoms. The molecule has 1 heterocycles. The predicted molar refractivity (Wildman–Crippen MR) is 70.3 cm³/mol. The molecule has 4 rings (SSSR count). The van der Waals surface area contributed by atoms with Gasteiger partial charge < -0.3 is 5.32 Å². The second-order valence-electron chi connectivity index (χ2n) is 6.21. The first-order chi connectivity index (χ1) is 8.36. The molecule has 1 N–H and O–H groups in total. The Morgan fingerprint density at radius 2 is 1.82 bits per heavy atom. The smallest absolute Gasteiger partial charge is 0.0281 e. The minimum absolute atomic E-state index is 0.458. The van der Waals surface area contributed by atoms with Crippen LogP contribution in [0.1, 0.15) is 49.7 Å². The third kappa shape index (κ3) is 1.14. The Hall–Kier alpha value is -0.820. The van der Waals surface area contributed by atoms with E-state index in [1.165, 1.54) is 51.5 Å². The van der Waals surface area contributed by atoms with Crippen LogP contribution in [0.3, 0.4) is 0 Å². The average molecular weight is 227 g/mol. The van der Waals surface area contributed by atoms with Gasteiger partial charge in [-0.05, 0) is 49.8 Å². The van der Waals surface area contributed by atoms with Gasteiger partial charge in [-0.15, -0.1) is 0 Å². The predicted octanol–water partition coefficient (Wildman–Crippen LogP) is 3.18. The summed E-state index contributed by atoms with van der Waals surface area (Å²) in [6.07, 6.45) is 9.69. The minimum Gasteiger partial charge on any atom is -0.310 e. The molecule has 3 aliphatic rings. The van der Waals surface area contributed by atoms with E-state index in [2.05, 4.69) is 29.6 Å². The van der Waals surface area contributed by atoms with Crippen molar-refractivity contribution in [3.63, 3.8) is 0 Å². The Balaban J connectivity index is 1.94. The number of nitrogens with one attached hydrogen (secondary N) is 1. The maximum atomic E-state index is 3.91. The number of hydrogen-bond acceptors (Lipinski definition) is 1. The van der Waals surface area contributed by atoms with Crippen molar-refractivity contribution in [2.75, 3.05) is 6.54 Å². The van der Waals surface area contributed by atoms with Gasteiger partial charge in [0, 0.05) is 11.0 Å². The summed E-state index contributed by atoms with van der Waals surface area (Å²) in [6, 6.07) is 9.24. The molecule has 0 amide bonds. The first-order valence-corrected chi connectivity index (χ1v) is 7.20. The van der Waals surface area contributed by atoms with Gasteiger partial charge in [0.1, 0.15) is 0 Å². The fourth-order valence-corrected chi connectivity index (χ4v) is 5.00. The molecule has 2 fully saturated rings. The van der Waals surface area contributed by atoms with E-state index in [0.717, 1.165) is 0 Å². The van der Waals surface area contributed by atoms with E-state index in [-0.39, 0.29) is 0 Å². The molecule has 1 aromatic rings. The lowest BCUT2D eigenvalue weighted by atomic mass is 9.53. The van der Waals surface area contributed by atoms with E-state index in [9.17, 15) is 0 Å². The van der Waals surface area contributed by atoms with Crippen LogP contribution in [0.4, 0.5) is 0 Å². The van der Waals surface area contributed by atoms with E-state index in [1.807, 2.05) is 0 Å². The maximum absolute atomic E-state index is 3.91. The Labute approximate surface area is 104 Å². The average Bonchev–Trinajstić information content (AvgIpc) is 2.79. The largest absolute Gasteiger partial charge is 0.310 e. The molecule has 0 unspecified atom stereocenters. The summed E-state index contributed by atoms with van der Waals surface area (Å²) in [6.45, 7) is 1.23. The quantitative estimate of drug-likeness (QED) is 0.718. The molecule has 2 aliphatic carbocycles. The fourth-order valence-electron chi connectivity index (χ4n) is 5.00. The summed E-state index contributed by atoms with van der Waals surface area (Å²) in [5.74, 6) is 0. The summed E-state index contributed by atoms with van der Waals surface area (Å²) in [5.41, 5.74) is 4.27. The molecule has 1 nitrogen and oxygen atoms in total. The molecule has 1 heteroatoms. The summed E-state index contributed by atoms with van der Waals surface area (Å²) in [5, 5.41) is 3.91. The highest BCUT2D eigenvalue weighted by molar-refractivity contribution is 5.43. The topological polar surface area (TPSA) is 12.0 Å². The zero-order valence-corrected chi connectivity index (χ0v) is 10.5. The SMILES string of the molecule is c1ccc2c(c1)CC[C@]13CCCC[C@]21CCN3. The normalized spacial score (nSPS) is 39.3. The van der Waals surface area contributed by atoms with Crippen LogP contribution < -0.4 is 5.32 Å². The molecule has 1 aliphatic heterocycles. The molecule has 1 saturated heterocycles. The zero-order chi connectivity index (χ0) is 11.3. The molecule has 17 heavy (non-hydrogen) atoms. The third-order valence-corrected chi connectivity index (χ3v) is 5.74. The van der Waals surface area contributed by atoms with E-state index >= 15 is 0 Å². The van der Waals surface area contributed by atoms with Gasteiger partial charge in [-0.3, -0.25) is 0 Å². The summed E-state index contributed by atoms with van der Waals surface area (Å²) < 4.78 is 0. The molecular formula is C16H21N. The molecule has 1 saturated carbocycles. The van der Waals surface area contributed by atoms with Crippen LogP contribution in [0, 0.1) is 0 Å². The second-order valence-corrected chi connectivity index (χ2v) is 6.21. The summed E-state index contributed by atoms with van der Waals surface area (Å²) >= 11 is 0. The van der Waals surface area contributed by atoms with Crippen molar-refractivity contribution in [1.82, 2.24) is 5.32 Å². The van der Waals surface area contributed by atoms with Gasteiger partial charge in [0.15, 0.2) is 0 Å². The van der Waals surface area contributed by atoms with Crippen LogP contribution in [0.15, 0.2) is 24.3 Å². The number of benzene rings is 1. The highest BCUT2D eigenvalue weighted by Gasteiger charge is 2.58.